The van der Waals surface area contributed by atoms with E-state index in [1.54, 1.807) is 25.3 Å². The minimum atomic E-state index is -4.08. The number of rotatable bonds is 9. The summed E-state index contributed by atoms with van der Waals surface area (Å²) in [7, 11) is -2.48. The summed E-state index contributed by atoms with van der Waals surface area (Å²) in [5.41, 5.74) is 2.00. The number of nitrogens with zero attached hydrogens (tertiary/aromatic N) is 1. The first kappa shape index (κ1) is 25.9. The second kappa shape index (κ2) is 11.1. The van der Waals surface area contributed by atoms with Crippen LogP contribution in [0.25, 0.3) is 0 Å². The number of hydrogen-bond acceptors (Lipinski definition) is 4. The van der Waals surface area contributed by atoms with Crippen molar-refractivity contribution in [3.63, 3.8) is 0 Å². The Morgan fingerprint density at radius 1 is 1.06 bits per heavy atom. The summed E-state index contributed by atoms with van der Waals surface area (Å²) < 4.78 is 33.3. The number of sulfonamides is 1. The van der Waals surface area contributed by atoms with Gasteiger partial charge in [0.2, 0.25) is 5.91 Å². The van der Waals surface area contributed by atoms with Crippen LogP contribution in [-0.4, -0.2) is 28.0 Å². The third-order valence-electron chi connectivity index (χ3n) is 5.36. The molecule has 0 heterocycles. The zero-order valence-corrected chi connectivity index (χ0v) is 21.4. The molecule has 0 aliphatic heterocycles. The Kier molecular flexibility index (Phi) is 8.47. The second-order valence-corrected chi connectivity index (χ2v) is 10.4. The summed E-state index contributed by atoms with van der Waals surface area (Å²) >= 11 is 12.3. The van der Waals surface area contributed by atoms with Crippen LogP contribution in [0.1, 0.15) is 30.5 Å². The van der Waals surface area contributed by atoms with Gasteiger partial charge in [-0.1, -0.05) is 60.5 Å². The third kappa shape index (κ3) is 5.84. The van der Waals surface area contributed by atoms with Crippen LogP contribution in [0.4, 0.5) is 5.69 Å². The normalized spacial score (nSPS) is 12.1. The highest BCUT2D eigenvalue weighted by Gasteiger charge is 2.29. The van der Waals surface area contributed by atoms with E-state index in [1.807, 2.05) is 32.0 Å². The average molecular weight is 521 g/mol. The molecule has 3 aromatic carbocycles. The molecule has 34 heavy (non-hydrogen) atoms. The Morgan fingerprint density at radius 2 is 1.76 bits per heavy atom. The number of nitrogens with one attached hydrogen (secondary N) is 1. The number of carbonyl (C=O) groups excluding carboxylic acids is 1. The molecule has 0 radical (unpaired) electrons. The lowest BCUT2D eigenvalue weighted by molar-refractivity contribution is -0.120. The maximum Gasteiger partial charge on any atom is 0.264 e. The summed E-state index contributed by atoms with van der Waals surface area (Å²) in [6.45, 7) is 3.41. The number of carbonyl (C=O) groups is 1. The first-order valence-corrected chi connectivity index (χ1v) is 12.8. The molecule has 0 saturated heterocycles. The van der Waals surface area contributed by atoms with Crippen molar-refractivity contribution < 1.29 is 17.9 Å². The van der Waals surface area contributed by atoms with E-state index in [2.05, 4.69) is 5.32 Å². The standard InChI is InChI=1S/C25H26Cl2N2O4S/c1-4-22(18-10-13-24(33-3)17(2)14-18)28-25(30)16-29(23-12-11-19(26)15-21(23)27)34(31,32)20-8-6-5-7-9-20/h5-15,22H,4,16H2,1-3H3,(H,28,30)/t22-/m1/s1. The van der Waals surface area contributed by atoms with Gasteiger partial charge in [0.05, 0.1) is 28.8 Å². The number of aryl methyl sites for hydroxylation is 1. The molecule has 0 aliphatic carbocycles. The summed E-state index contributed by atoms with van der Waals surface area (Å²) in [5, 5.41) is 3.43. The molecule has 0 unspecified atom stereocenters. The van der Waals surface area contributed by atoms with Crippen molar-refractivity contribution in [1.29, 1.82) is 0 Å². The summed E-state index contributed by atoms with van der Waals surface area (Å²) in [4.78, 5) is 13.2. The van der Waals surface area contributed by atoms with Crippen LogP contribution in [-0.2, 0) is 14.8 Å². The molecule has 3 aromatic rings. The maximum absolute atomic E-state index is 13.5. The first-order valence-electron chi connectivity index (χ1n) is 10.6. The summed E-state index contributed by atoms with van der Waals surface area (Å²) in [6.07, 6.45) is 0.616. The van der Waals surface area contributed by atoms with E-state index >= 15 is 0 Å². The number of hydrogen-bond donors (Lipinski definition) is 1. The van der Waals surface area contributed by atoms with Gasteiger partial charge in [-0.15, -0.1) is 0 Å². The van der Waals surface area contributed by atoms with E-state index in [9.17, 15) is 13.2 Å². The van der Waals surface area contributed by atoms with Crippen molar-refractivity contribution in [2.24, 2.45) is 0 Å². The number of methoxy groups -OCH3 is 1. The molecule has 0 fully saturated rings. The lowest BCUT2D eigenvalue weighted by atomic mass is 10.0. The fourth-order valence-corrected chi connectivity index (χ4v) is 5.63. The van der Waals surface area contributed by atoms with Crippen LogP contribution >= 0.6 is 23.2 Å². The van der Waals surface area contributed by atoms with Crippen LogP contribution in [0, 0.1) is 6.92 Å². The maximum atomic E-state index is 13.5. The van der Waals surface area contributed by atoms with Gasteiger partial charge < -0.3 is 10.1 Å². The third-order valence-corrected chi connectivity index (χ3v) is 7.67. The quantitative estimate of drug-likeness (QED) is 0.388. The SMILES string of the molecule is CC[C@@H](NC(=O)CN(c1ccc(Cl)cc1Cl)S(=O)(=O)c1ccccc1)c1ccc(OC)c(C)c1. The molecular weight excluding hydrogens is 495 g/mol. The fraction of sp³-hybridized carbons (Fsp3) is 0.240. The Labute approximate surface area is 210 Å². The van der Waals surface area contributed by atoms with Gasteiger partial charge in [0, 0.05) is 5.02 Å². The zero-order chi connectivity index (χ0) is 24.9. The predicted octanol–water partition coefficient (Wildman–Crippen LogP) is 5.77. The summed E-state index contributed by atoms with van der Waals surface area (Å²) in [5.74, 6) is 0.285. The second-order valence-electron chi connectivity index (χ2n) is 7.68. The number of amides is 1. The van der Waals surface area contributed by atoms with Crippen molar-refractivity contribution in [2.75, 3.05) is 18.0 Å². The lowest BCUT2D eigenvalue weighted by Gasteiger charge is -2.26. The van der Waals surface area contributed by atoms with Crippen molar-refractivity contribution >= 4 is 44.8 Å². The van der Waals surface area contributed by atoms with Crippen molar-refractivity contribution in [1.82, 2.24) is 5.32 Å². The fourth-order valence-electron chi connectivity index (χ4n) is 3.61. The highest BCUT2D eigenvalue weighted by atomic mass is 35.5. The van der Waals surface area contributed by atoms with Crippen LogP contribution in [0.2, 0.25) is 10.0 Å². The molecular formula is C25H26Cl2N2O4S. The minimum Gasteiger partial charge on any atom is -0.496 e. The molecule has 1 amide bonds. The number of benzene rings is 3. The lowest BCUT2D eigenvalue weighted by Crippen LogP contribution is -2.42. The van der Waals surface area contributed by atoms with Crippen LogP contribution < -0.4 is 14.4 Å². The van der Waals surface area contributed by atoms with Gasteiger partial charge in [-0.05, 0) is 60.9 Å². The van der Waals surface area contributed by atoms with Gasteiger partial charge in [0.25, 0.3) is 10.0 Å². The van der Waals surface area contributed by atoms with E-state index in [1.165, 1.54) is 30.3 Å². The Morgan fingerprint density at radius 3 is 2.35 bits per heavy atom. The Hall–Kier alpha value is -2.74. The molecule has 0 bridgehead atoms. The molecule has 0 aliphatic rings. The van der Waals surface area contributed by atoms with Crippen molar-refractivity contribution in [3.8, 4) is 5.75 Å². The molecule has 0 aromatic heterocycles. The van der Waals surface area contributed by atoms with Gasteiger partial charge >= 0.3 is 0 Å². The molecule has 1 N–H and O–H groups in total. The van der Waals surface area contributed by atoms with E-state index in [-0.39, 0.29) is 21.6 Å². The van der Waals surface area contributed by atoms with E-state index < -0.39 is 22.5 Å². The van der Waals surface area contributed by atoms with E-state index in [0.717, 1.165) is 21.2 Å². The van der Waals surface area contributed by atoms with E-state index in [0.29, 0.717) is 11.4 Å². The number of anilines is 1. The summed E-state index contributed by atoms with van der Waals surface area (Å²) in [6, 6.07) is 17.7. The molecule has 9 heteroatoms. The molecule has 1 atom stereocenters. The first-order chi connectivity index (χ1) is 16.2. The largest absolute Gasteiger partial charge is 0.496 e. The van der Waals surface area contributed by atoms with Gasteiger partial charge in [-0.2, -0.15) is 0 Å². The Bertz CT molecular complexity index is 1270. The molecule has 3 rings (SSSR count). The molecule has 0 saturated carbocycles. The smallest absolute Gasteiger partial charge is 0.264 e. The van der Waals surface area contributed by atoms with Crippen LogP contribution in [0.3, 0.4) is 0 Å². The van der Waals surface area contributed by atoms with Gasteiger partial charge in [0.1, 0.15) is 12.3 Å². The van der Waals surface area contributed by atoms with Crippen LogP contribution in [0.15, 0.2) is 71.6 Å². The van der Waals surface area contributed by atoms with Crippen LogP contribution in [0.5, 0.6) is 5.75 Å². The zero-order valence-electron chi connectivity index (χ0n) is 19.1. The number of ether oxygens (including phenoxy) is 1. The monoisotopic (exact) mass is 520 g/mol. The van der Waals surface area contributed by atoms with Gasteiger partial charge in [-0.25, -0.2) is 8.42 Å². The van der Waals surface area contributed by atoms with Gasteiger partial charge in [0.15, 0.2) is 0 Å². The van der Waals surface area contributed by atoms with Crippen molar-refractivity contribution in [2.45, 2.75) is 31.2 Å². The molecule has 180 valence electrons. The molecule has 0 spiro atoms. The van der Waals surface area contributed by atoms with Gasteiger partial charge in [-0.3, -0.25) is 9.10 Å². The average Bonchev–Trinajstić information content (AvgIpc) is 2.82. The predicted molar refractivity (Wildman–Crippen MR) is 136 cm³/mol. The van der Waals surface area contributed by atoms with Crippen molar-refractivity contribution in [3.05, 3.63) is 87.9 Å². The Balaban J connectivity index is 1.93. The highest BCUT2D eigenvalue weighted by molar-refractivity contribution is 7.92. The topological polar surface area (TPSA) is 75.7 Å². The highest BCUT2D eigenvalue weighted by Crippen LogP contribution is 2.33. The number of halogens is 2. The minimum absolute atomic E-state index is 0.0478. The van der Waals surface area contributed by atoms with E-state index in [4.69, 9.17) is 27.9 Å². The molecule has 6 nitrogen and oxygen atoms in total.